The zero-order valence-corrected chi connectivity index (χ0v) is 13.3. The van der Waals surface area contributed by atoms with Crippen molar-refractivity contribution < 1.29 is 14.7 Å². The maximum atomic E-state index is 12.3. The quantitative estimate of drug-likeness (QED) is 0.899. The van der Waals surface area contributed by atoms with Crippen LogP contribution in [-0.4, -0.2) is 39.6 Å². The van der Waals surface area contributed by atoms with Crippen LogP contribution in [0.25, 0.3) is 0 Å². The van der Waals surface area contributed by atoms with E-state index < -0.39 is 5.97 Å². The molecule has 2 rings (SSSR count). The van der Waals surface area contributed by atoms with Crippen LogP contribution in [0.2, 0.25) is 0 Å². The van der Waals surface area contributed by atoms with Crippen LogP contribution >= 0.6 is 11.3 Å². The number of carbonyl (C=O) groups excluding carboxylic acids is 1. The topological polar surface area (TPSA) is 82.5 Å². The highest BCUT2D eigenvalue weighted by Gasteiger charge is 2.28. The number of rotatable bonds is 3. The minimum atomic E-state index is -1.05. The monoisotopic (exact) mass is 311 g/mol. The molecule has 1 saturated heterocycles. The predicted molar refractivity (Wildman–Crippen MR) is 80.6 cm³/mol. The molecule has 0 radical (unpaired) electrons. The Morgan fingerprint density at radius 1 is 1.52 bits per heavy atom. The van der Waals surface area contributed by atoms with E-state index in [0.717, 1.165) is 19.4 Å². The second kappa shape index (κ2) is 6.43. The molecule has 1 aliphatic heterocycles. The van der Waals surface area contributed by atoms with Gasteiger partial charge in [0.05, 0.1) is 6.04 Å². The van der Waals surface area contributed by atoms with Gasteiger partial charge in [0, 0.05) is 18.0 Å². The third-order valence-corrected chi connectivity index (χ3v) is 4.88. The summed E-state index contributed by atoms with van der Waals surface area (Å²) < 4.78 is 0. The van der Waals surface area contributed by atoms with Gasteiger partial charge in [-0.05, 0) is 32.6 Å². The first-order valence-corrected chi connectivity index (χ1v) is 8.02. The zero-order chi connectivity index (χ0) is 15.6. The summed E-state index contributed by atoms with van der Waals surface area (Å²) in [7, 11) is 0. The number of hydrogen-bond acceptors (Lipinski definition) is 4. The highest BCUT2D eigenvalue weighted by molar-refractivity contribution is 7.09. The maximum Gasteiger partial charge on any atom is 0.355 e. The number of likely N-dealkylation sites (tertiary alicyclic amines) is 1. The highest BCUT2D eigenvalue weighted by Crippen LogP contribution is 2.23. The largest absolute Gasteiger partial charge is 0.476 e. The first-order chi connectivity index (χ1) is 9.88. The van der Waals surface area contributed by atoms with Gasteiger partial charge >= 0.3 is 12.0 Å². The summed E-state index contributed by atoms with van der Waals surface area (Å²) in [6.07, 6.45) is 2.04. The van der Waals surface area contributed by atoms with E-state index >= 15 is 0 Å². The molecule has 3 atom stereocenters. The van der Waals surface area contributed by atoms with Crippen molar-refractivity contribution >= 4 is 23.3 Å². The smallest absolute Gasteiger partial charge is 0.355 e. The van der Waals surface area contributed by atoms with E-state index in [1.807, 2.05) is 11.8 Å². The summed E-state index contributed by atoms with van der Waals surface area (Å²) in [6, 6.07) is -0.164. The average molecular weight is 311 g/mol. The molecule has 0 bridgehead atoms. The van der Waals surface area contributed by atoms with Crippen LogP contribution in [0.5, 0.6) is 0 Å². The Bertz CT molecular complexity index is 531. The SMILES string of the molecule is CC1CCN(C(=O)NC(C)c2nc(C(=O)O)cs2)C(C)C1. The number of urea groups is 1. The van der Waals surface area contributed by atoms with Crippen LogP contribution in [0.15, 0.2) is 5.38 Å². The number of piperidine rings is 1. The van der Waals surface area contributed by atoms with Crippen LogP contribution in [0.1, 0.15) is 55.2 Å². The van der Waals surface area contributed by atoms with Crippen molar-refractivity contribution in [1.29, 1.82) is 0 Å². The summed E-state index contributed by atoms with van der Waals surface area (Å²) in [5, 5.41) is 13.9. The summed E-state index contributed by atoms with van der Waals surface area (Å²) in [4.78, 5) is 29.0. The van der Waals surface area contributed by atoms with Crippen molar-refractivity contribution in [1.82, 2.24) is 15.2 Å². The van der Waals surface area contributed by atoms with Gasteiger partial charge in [0.15, 0.2) is 5.69 Å². The molecule has 21 heavy (non-hydrogen) atoms. The molecule has 1 aromatic rings. The van der Waals surface area contributed by atoms with Gasteiger partial charge in [-0.2, -0.15) is 0 Å². The number of aromatic carboxylic acids is 1. The number of carboxylic acids is 1. The Kier molecular flexibility index (Phi) is 4.82. The molecule has 3 unspecified atom stereocenters. The Morgan fingerprint density at radius 2 is 2.24 bits per heavy atom. The van der Waals surface area contributed by atoms with E-state index in [4.69, 9.17) is 5.11 Å². The van der Waals surface area contributed by atoms with Crippen LogP contribution in [0.4, 0.5) is 4.79 Å². The maximum absolute atomic E-state index is 12.3. The number of carbonyl (C=O) groups is 2. The second-order valence-corrected chi connectivity index (χ2v) is 6.61. The number of nitrogens with one attached hydrogen (secondary N) is 1. The van der Waals surface area contributed by atoms with E-state index in [1.54, 1.807) is 0 Å². The van der Waals surface area contributed by atoms with Gasteiger partial charge in [0.2, 0.25) is 0 Å². The van der Waals surface area contributed by atoms with Crippen molar-refractivity contribution in [2.45, 2.75) is 45.7 Å². The fourth-order valence-corrected chi connectivity index (χ4v) is 3.42. The molecule has 6 nitrogen and oxygen atoms in total. The Balaban J connectivity index is 1.96. The molecular weight excluding hydrogens is 290 g/mol. The lowest BCUT2D eigenvalue weighted by molar-refractivity contribution is 0.0691. The highest BCUT2D eigenvalue weighted by atomic mass is 32.1. The van der Waals surface area contributed by atoms with Gasteiger partial charge in [-0.1, -0.05) is 6.92 Å². The van der Waals surface area contributed by atoms with Gasteiger partial charge in [0.1, 0.15) is 5.01 Å². The molecule has 0 saturated carbocycles. The average Bonchev–Trinajstić information content (AvgIpc) is 2.88. The van der Waals surface area contributed by atoms with Gasteiger partial charge < -0.3 is 15.3 Å². The van der Waals surface area contributed by atoms with Crippen molar-refractivity contribution in [3.63, 3.8) is 0 Å². The van der Waals surface area contributed by atoms with Crippen molar-refractivity contribution in [2.75, 3.05) is 6.54 Å². The fourth-order valence-electron chi connectivity index (χ4n) is 2.62. The Morgan fingerprint density at radius 3 is 2.81 bits per heavy atom. The first-order valence-electron chi connectivity index (χ1n) is 7.14. The van der Waals surface area contributed by atoms with Crippen LogP contribution in [0, 0.1) is 5.92 Å². The molecule has 0 aliphatic carbocycles. The number of amides is 2. The van der Waals surface area contributed by atoms with Gasteiger partial charge in [0.25, 0.3) is 0 Å². The van der Waals surface area contributed by atoms with Crippen molar-refractivity contribution in [3.8, 4) is 0 Å². The van der Waals surface area contributed by atoms with E-state index in [0.29, 0.717) is 10.9 Å². The number of thiazole rings is 1. The minimum absolute atomic E-state index is 0.0243. The lowest BCUT2D eigenvalue weighted by Crippen LogP contribution is -2.49. The van der Waals surface area contributed by atoms with Crippen LogP contribution < -0.4 is 5.32 Å². The molecule has 1 aliphatic rings. The summed E-state index contributed by atoms with van der Waals surface area (Å²) in [6.45, 7) is 6.85. The third-order valence-electron chi connectivity index (χ3n) is 3.85. The number of nitrogens with zero attached hydrogens (tertiary/aromatic N) is 2. The van der Waals surface area contributed by atoms with Gasteiger partial charge in [-0.3, -0.25) is 0 Å². The molecule has 1 fully saturated rings. The molecule has 1 aromatic heterocycles. The molecule has 2 N–H and O–H groups in total. The standard InChI is InChI=1S/C14H21N3O3S/c1-8-4-5-17(9(2)6-8)14(20)15-10(3)12-16-11(7-21-12)13(18)19/h7-10H,4-6H2,1-3H3,(H,15,20)(H,18,19). The molecule has 2 heterocycles. The van der Waals surface area contributed by atoms with Gasteiger partial charge in [-0.15, -0.1) is 11.3 Å². The summed E-state index contributed by atoms with van der Waals surface area (Å²) >= 11 is 1.25. The first kappa shape index (κ1) is 15.8. The molecule has 116 valence electrons. The van der Waals surface area contributed by atoms with E-state index in [9.17, 15) is 9.59 Å². The van der Waals surface area contributed by atoms with E-state index in [1.165, 1.54) is 16.7 Å². The molecule has 0 aromatic carbocycles. The molecule has 0 spiro atoms. The van der Waals surface area contributed by atoms with E-state index in [-0.39, 0.29) is 23.8 Å². The van der Waals surface area contributed by atoms with E-state index in [2.05, 4.69) is 24.1 Å². The minimum Gasteiger partial charge on any atom is -0.476 e. The third kappa shape index (κ3) is 3.72. The number of carboxylic acid groups (broad SMARTS) is 1. The fraction of sp³-hybridized carbons (Fsp3) is 0.643. The predicted octanol–water partition coefficient (Wildman–Crippen LogP) is 2.73. The van der Waals surface area contributed by atoms with Crippen LogP contribution in [-0.2, 0) is 0 Å². The lowest BCUT2D eigenvalue weighted by Gasteiger charge is -2.37. The molecule has 7 heteroatoms. The zero-order valence-electron chi connectivity index (χ0n) is 12.5. The normalized spacial score (nSPS) is 23.7. The van der Waals surface area contributed by atoms with Crippen molar-refractivity contribution in [2.24, 2.45) is 5.92 Å². The van der Waals surface area contributed by atoms with Gasteiger partial charge in [-0.25, -0.2) is 14.6 Å². The second-order valence-electron chi connectivity index (χ2n) is 5.72. The summed E-state index contributed by atoms with van der Waals surface area (Å²) in [5.41, 5.74) is 0.0243. The Labute approximate surface area is 128 Å². The van der Waals surface area contributed by atoms with Crippen LogP contribution in [0.3, 0.4) is 0 Å². The molecular formula is C14H21N3O3S. The summed E-state index contributed by atoms with van der Waals surface area (Å²) in [5.74, 6) is -0.395. The Hall–Kier alpha value is -1.63. The van der Waals surface area contributed by atoms with Crippen molar-refractivity contribution in [3.05, 3.63) is 16.1 Å². The number of hydrogen-bond donors (Lipinski definition) is 2. The number of aromatic nitrogens is 1. The molecule has 2 amide bonds. The lowest BCUT2D eigenvalue weighted by atomic mass is 9.94.